The molecule has 3 aromatic heterocycles. The van der Waals surface area contributed by atoms with E-state index in [1.54, 1.807) is 22.5 Å². The second kappa shape index (κ2) is 8.49. The van der Waals surface area contributed by atoms with Gasteiger partial charge in [-0.2, -0.15) is 0 Å². The molecule has 0 radical (unpaired) electrons. The first kappa shape index (κ1) is 19.7. The molecule has 0 amide bonds. The van der Waals surface area contributed by atoms with Crippen molar-refractivity contribution >= 4 is 33.3 Å². The Bertz CT molecular complexity index is 1400. The Morgan fingerprint density at radius 2 is 1.77 bits per heavy atom. The van der Waals surface area contributed by atoms with E-state index < -0.39 is 0 Å². The molecule has 2 aromatic carbocycles. The summed E-state index contributed by atoms with van der Waals surface area (Å²) in [7, 11) is 0. The third kappa shape index (κ3) is 3.92. The van der Waals surface area contributed by atoms with Crippen LogP contribution in [0, 0.1) is 6.92 Å². The highest BCUT2D eigenvalue weighted by Crippen LogP contribution is 2.27. The van der Waals surface area contributed by atoms with Gasteiger partial charge in [-0.25, -0.2) is 0 Å². The van der Waals surface area contributed by atoms with Gasteiger partial charge in [0.25, 0.3) is 0 Å². The fourth-order valence-corrected chi connectivity index (χ4v) is 5.25. The van der Waals surface area contributed by atoms with Gasteiger partial charge in [-0.05, 0) is 42.8 Å². The summed E-state index contributed by atoms with van der Waals surface area (Å²) < 4.78 is 4.80. The zero-order chi connectivity index (χ0) is 21.2. The molecule has 0 saturated heterocycles. The van der Waals surface area contributed by atoms with Crippen molar-refractivity contribution in [1.29, 1.82) is 0 Å². The molecular weight excluding hydrogens is 426 g/mol. The van der Waals surface area contributed by atoms with Crippen LogP contribution < -0.4 is 4.87 Å². The number of benzene rings is 2. The summed E-state index contributed by atoms with van der Waals surface area (Å²) in [6, 6.07) is 21.9. The van der Waals surface area contributed by atoms with E-state index in [1.165, 1.54) is 11.3 Å². The SMILES string of the molecule is Cc1ccccc1-n1c(Cn2c(=O)sc3ccccc32)nnc1SCc1ccccn1. The lowest BCUT2D eigenvalue weighted by Gasteiger charge is -2.13. The Morgan fingerprint density at radius 3 is 2.61 bits per heavy atom. The molecule has 0 fully saturated rings. The van der Waals surface area contributed by atoms with Gasteiger partial charge in [0.1, 0.15) is 0 Å². The summed E-state index contributed by atoms with van der Waals surface area (Å²) >= 11 is 2.84. The molecule has 5 rings (SSSR count). The molecule has 31 heavy (non-hydrogen) atoms. The number of pyridine rings is 1. The standard InChI is InChI=1S/C23H19N5OS2/c1-16-8-2-3-10-18(16)28-21(14-27-19-11-4-5-12-20(19)31-23(27)29)25-26-22(28)30-15-17-9-6-7-13-24-17/h2-13H,14-15H2,1H3. The van der Waals surface area contributed by atoms with Crippen LogP contribution in [0.1, 0.15) is 17.1 Å². The van der Waals surface area contributed by atoms with Crippen molar-refractivity contribution in [2.75, 3.05) is 0 Å². The lowest BCUT2D eigenvalue weighted by atomic mass is 10.2. The Hall–Kier alpha value is -3.23. The van der Waals surface area contributed by atoms with Crippen LogP contribution in [-0.4, -0.2) is 24.3 Å². The molecule has 0 atom stereocenters. The molecule has 8 heteroatoms. The summed E-state index contributed by atoms with van der Waals surface area (Å²) in [6.07, 6.45) is 1.79. The number of thioether (sulfide) groups is 1. The van der Waals surface area contributed by atoms with E-state index in [0.29, 0.717) is 12.3 Å². The predicted molar refractivity (Wildman–Crippen MR) is 125 cm³/mol. The van der Waals surface area contributed by atoms with E-state index in [9.17, 15) is 4.79 Å². The van der Waals surface area contributed by atoms with E-state index in [2.05, 4.69) is 38.8 Å². The van der Waals surface area contributed by atoms with Crippen LogP contribution in [0.3, 0.4) is 0 Å². The molecule has 0 saturated carbocycles. The Labute approximate surface area is 187 Å². The molecule has 5 aromatic rings. The van der Waals surface area contributed by atoms with Gasteiger partial charge in [0, 0.05) is 11.9 Å². The fraction of sp³-hybridized carbons (Fsp3) is 0.130. The highest BCUT2D eigenvalue weighted by atomic mass is 32.2. The summed E-state index contributed by atoms with van der Waals surface area (Å²) in [5, 5.41) is 9.74. The number of hydrogen-bond acceptors (Lipinski definition) is 6. The van der Waals surface area contributed by atoms with Crippen molar-refractivity contribution < 1.29 is 0 Å². The zero-order valence-corrected chi connectivity index (χ0v) is 18.4. The van der Waals surface area contributed by atoms with Crippen molar-refractivity contribution in [2.45, 2.75) is 24.4 Å². The molecule has 0 spiro atoms. The minimum atomic E-state index is 0.00298. The van der Waals surface area contributed by atoms with Gasteiger partial charge in [0.15, 0.2) is 11.0 Å². The molecule has 154 valence electrons. The first-order valence-electron chi connectivity index (χ1n) is 9.82. The van der Waals surface area contributed by atoms with Crippen LogP contribution in [-0.2, 0) is 12.3 Å². The van der Waals surface area contributed by atoms with Crippen LogP contribution in [0.5, 0.6) is 0 Å². The molecule has 0 bridgehead atoms. The maximum absolute atomic E-state index is 12.7. The molecule has 0 N–H and O–H groups in total. The molecular formula is C23H19N5OS2. The van der Waals surface area contributed by atoms with Gasteiger partial charge in [-0.15, -0.1) is 10.2 Å². The van der Waals surface area contributed by atoms with Crippen molar-refractivity contribution in [3.8, 4) is 5.69 Å². The highest BCUT2D eigenvalue weighted by Gasteiger charge is 2.18. The van der Waals surface area contributed by atoms with Crippen LogP contribution in [0.2, 0.25) is 0 Å². The van der Waals surface area contributed by atoms with E-state index in [-0.39, 0.29) is 4.87 Å². The number of nitrogens with zero attached hydrogens (tertiary/aromatic N) is 5. The highest BCUT2D eigenvalue weighted by molar-refractivity contribution is 7.98. The number of fused-ring (bicyclic) bond motifs is 1. The number of aromatic nitrogens is 5. The molecule has 0 unspecified atom stereocenters. The minimum absolute atomic E-state index is 0.00298. The van der Waals surface area contributed by atoms with E-state index >= 15 is 0 Å². The van der Waals surface area contributed by atoms with Crippen LogP contribution in [0.15, 0.2) is 82.9 Å². The average Bonchev–Trinajstić information content (AvgIpc) is 3.34. The van der Waals surface area contributed by atoms with E-state index in [0.717, 1.165) is 38.1 Å². The second-order valence-electron chi connectivity index (χ2n) is 7.05. The number of hydrogen-bond donors (Lipinski definition) is 0. The first-order valence-corrected chi connectivity index (χ1v) is 11.6. The molecule has 3 heterocycles. The normalized spacial score (nSPS) is 11.3. The lowest BCUT2D eigenvalue weighted by Crippen LogP contribution is -2.17. The van der Waals surface area contributed by atoms with Gasteiger partial charge in [0.2, 0.25) is 0 Å². The minimum Gasteiger partial charge on any atom is -0.291 e. The number of rotatable bonds is 6. The predicted octanol–water partition coefficient (Wildman–Crippen LogP) is 4.69. The molecule has 6 nitrogen and oxygen atoms in total. The quantitative estimate of drug-likeness (QED) is 0.355. The van der Waals surface area contributed by atoms with Gasteiger partial charge in [-0.3, -0.25) is 18.9 Å². The lowest BCUT2D eigenvalue weighted by molar-refractivity contribution is 0.724. The van der Waals surface area contributed by atoms with Crippen molar-refractivity contribution in [2.24, 2.45) is 0 Å². The summed E-state index contributed by atoms with van der Waals surface area (Å²) in [5.74, 6) is 1.41. The smallest absolute Gasteiger partial charge is 0.291 e. The molecule has 0 aliphatic rings. The van der Waals surface area contributed by atoms with Crippen molar-refractivity contribution in [3.05, 3.63) is 99.7 Å². The van der Waals surface area contributed by atoms with Crippen molar-refractivity contribution in [1.82, 2.24) is 24.3 Å². The fourth-order valence-electron chi connectivity index (χ4n) is 3.48. The van der Waals surface area contributed by atoms with Gasteiger partial charge in [-0.1, -0.05) is 59.5 Å². The van der Waals surface area contributed by atoms with Crippen LogP contribution in [0.25, 0.3) is 15.9 Å². The summed E-state index contributed by atoms with van der Waals surface area (Å²) in [6.45, 7) is 2.42. The summed E-state index contributed by atoms with van der Waals surface area (Å²) in [5.41, 5.74) is 4.03. The first-order chi connectivity index (χ1) is 15.2. The Morgan fingerprint density at radius 1 is 0.968 bits per heavy atom. The number of aryl methyl sites for hydroxylation is 1. The van der Waals surface area contributed by atoms with E-state index in [4.69, 9.17) is 0 Å². The topological polar surface area (TPSA) is 65.6 Å². The Kier molecular flexibility index (Phi) is 5.40. The molecule has 0 aliphatic heterocycles. The second-order valence-corrected chi connectivity index (χ2v) is 8.99. The number of para-hydroxylation sites is 2. The van der Waals surface area contributed by atoms with Crippen LogP contribution in [0.4, 0.5) is 0 Å². The third-order valence-corrected chi connectivity index (χ3v) is 6.93. The molecule has 0 aliphatic carbocycles. The van der Waals surface area contributed by atoms with Gasteiger partial charge >= 0.3 is 4.87 Å². The van der Waals surface area contributed by atoms with Gasteiger partial charge in [0.05, 0.1) is 28.1 Å². The van der Waals surface area contributed by atoms with Gasteiger partial charge < -0.3 is 0 Å². The van der Waals surface area contributed by atoms with E-state index in [1.807, 2.05) is 54.6 Å². The maximum atomic E-state index is 12.7. The average molecular weight is 446 g/mol. The third-order valence-electron chi connectivity index (χ3n) is 5.01. The zero-order valence-electron chi connectivity index (χ0n) is 16.8. The maximum Gasteiger partial charge on any atom is 0.308 e. The van der Waals surface area contributed by atoms with Crippen molar-refractivity contribution in [3.63, 3.8) is 0 Å². The number of thiazole rings is 1. The largest absolute Gasteiger partial charge is 0.308 e. The summed E-state index contributed by atoms with van der Waals surface area (Å²) in [4.78, 5) is 17.1. The van der Waals surface area contributed by atoms with Crippen LogP contribution >= 0.6 is 23.1 Å². The monoisotopic (exact) mass is 445 g/mol. The Balaban J connectivity index is 1.57.